The molecule has 1 fully saturated rings. The lowest BCUT2D eigenvalue weighted by molar-refractivity contribution is 0.133. The average Bonchev–Trinajstić information content (AvgIpc) is 2.32. The molecule has 1 N–H and O–H groups in total. The van der Waals surface area contributed by atoms with Gasteiger partial charge in [0.25, 0.3) is 0 Å². The number of benzene rings is 1. The van der Waals surface area contributed by atoms with Crippen LogP contribution in [0.3, 0.4) is 0 Å². The van der Waals surface area contributed by atoms with Gasteiger partial charge in [-0.05, 0) is 31.0 Å². The van der Waals surface area contributed by atoms with Gasteiger partial charge in [0.1, 0.15) is 5.82 Å². The number of rotatable bonds is 3. The molecular weight excluding hydrogens is 215 g/mol. The lowest BCUT2D eigenvalue weighted by Crippen LogP contribution is -2.58. The highest BCUT2D eigenvalue weighted by atomic mass is 19.1. The molecule has 1 aliphatic rings. The van der Waals surface area contributed by atoms with Gasteiger partial charge in [0.05, 0.1) is 0 Å². The van der Waals surface area contributed by atoms with Gasteiger partial charge in [0.15, 0.2) is 0 Å². The second-order valence-electron chi connectivity index (χ2n) is 5.18. The summed E-state index contributed by atoms with van der Waals surface area (Å²) in [5.41, 5.74) is 1.41. The van der Waals surface area contributed by atoms with E-state index in [0.29, 0.717) is 0 Å². The molecule has 1 atom stereocenters. The highest BCUT2D eigenvalue weighted by molar-refractivity contribution is 5.16. The zero-order valence-corrected chi connectivity index (χ0v) is 10.7. The van der Waals surface area contributed by atoms with E-state index in [1.54, 1.807) is 0 Å². The number of halogens is 1. The van der Waals surface area contributed by atoms with Crippen molar-refractivity contribution in [3.8, 4) is 0 Å². The summed E-state index contributed by atoms with van der Waals surface area (Å²) < 4.78 is 12.8. The summed E-state index contributed by atoms with van der Waals surface area (Å²) in [7, 11) is 0. The molecule has 3 heteroatoms. The van der Waals surface area contributed by atoms with Gasteiger partial charge in [0, 0.05) is 31.7 Å². The maximum Gasteiger partial charge on any atom is 0.123 e. The predicted molar refractivity (Wildman–Crippen MR) is 68.4 cm³/mol. The fourth-order valence-corrected chi connectivity index (χ4v) is 2.36. The lowest BCUT2D eigenvalue weighted by Gasteiger charge is -2.41. The lowest BCUT2D eigenvalue weighted by atomic mass is 9.95. The van der Waals surface area contributed by atoms with Gasteiger partial charge in [-0.25, -0.2) is 4.39 Å². The van der Waals surface area contributed by atoms with E-state index in [1.807, 2.05) is 12.1 Å². The van der Waals surface area contributed by atoms with Crippen LogP contribution in [-0.2, 0) is 6.54 Å². The Kier molecular flexibility index (Phi) is 3.79. The molecule has 1 aromatic rings. The van der Waals surface area contributed by atoms with Gasteiger partial charge in [-0.1, -0.05) is 19.1 Å². The highest BCUT2D eigenvalue weighted by Gasteiger charge is 2.28. The van der Waals surface area contributed by atoms with Crippen molar-refractivity contribution in [3.05, 3.63) is 35.6 Å². The minimum absolute atomic E-state index is 0.160. The number of nitrogens with zero attached hydrogens (tertiary/aromatic N) is 1. The Hall–Kier alpha value is -0.930. The van der Waals surface area contributed by atoms with Gasteiger partial charge in [0.2, 0.25) is 0 Å². The van der Waals surface area contributed by atoms with Crippen LogP contribution in [0.25, 0.3) is 0 Å². The molecule has 1 heterocycles. The minimum atomic E-state index is -0.160. The number of piperazine rings is 1. The zero-order chi connectivity index (χ0) is 12.3. The van der Waals surface area contributed by atoms with Gasteiger partial charge in [-0.2, -0.15) is 0 Å². The monoisotopic (exact) mass is 236 g/mol. The second kappa shape index (κ2) is 5.15. The van der Waals surface area contributed by atoms with Crippen LogP contribution in [0.4, 0.5) is 4.39 Å². The van der Waals surface area contributed by atoms with Crippen molar-refractivity contribution in [2.45, 2.75) is 32.4 Å². The van der Waals surface area contributed by atoms with Crippen LogP contribution in [0.15, 0.2) is 24.3 Å². The fraction of sp³-hybridized carbons (Fsp3) is 0.571. The molecule has 0 aliphatic carbocycles. The van der Waals surface area contributed by atoms with Crippen LogP contribution in [-0.4, -0.2) is 30.1 Å². The number of hydrogen-bond acceptors (Lipinski definition) is 2. The topological polar surface area (TPSA) is 15.3 Å². The summed E-state index contributed by atoms with van der Waals surface area (Å²) in [6, 6.07) is 6.83. The SMILES string of the molecule is CCC1(C)CN(Cc2ccc(F)cc2)CCN1. The van der Waals surface area contributed by atoms with Crippen molar-refractivity contribution in [1.82, 2.24) is 10.2 Å². The van der Waals surface area contributed by atoms with Crippen molar-refractivity contribution in [2.75, 3.05) is 19.6 Å². The van der Waals surface area contributed by atoms with Crippen LogP contribution >= 0.6 is 0 Å². The highest BCUT2D eigenvalue weighted by Crippen LogP contribution is 2.17. The van der Waals surface area contributed by atoms with Gasteiger partial charge in [-0.15, -0.1) is 0 Å². The molecule has 17 heavy (non-hydrogen) atoms. The molecule has 0 bridgehead atoms. The van der Waals surface area contributed by atoms with E-state index in [2.05, 4.69) is 24.1 Å². The summed E-state index contributed by atoms with van der Waals surface area (Å²) in [5.74, 6) is -0.160. The first kappa shape index (κ1) is 12.5. The first-order valence-corrected chi connectivity index (χ1v) is 6.33. The molecule has 0 radical (unpaired) electrons. The summed E-state index contributed by atoms with van der Waals surface area (Å²) in [5, 5.41) is 3.57. The first-order chi connectivity index (χ1) is 8.11. The molecular formula is C14H21FN2. The van der Waals surface area contributed by atoms with Gasteiger partial charge < -0.3 is 5.32 Å². The minimum Gasteiger partial charge on any atom is -0.309 e. The molecule has 2 nitrogen and oxygen atoms in total. The summed E-state index contributed by atoms with van der Waals surface area (Å²) in [6.07, 6.45) is 1.13. The Morgan fingerprint density at radius 2 is 2.06 bits per heavy atom. The van der Waals surface area contributed by atoms with Crippen molar-refractivity contribution in [2.24, 2.45) is 0 Å². The maximum atomic E-state index is 12.8. The van der Waals surface area contributed by atoms with Crippen molar-refractivity contribution in [3.63, 3.8) is 0 Å². The van der Waals surface area contributed by atoms with E-state index in [9.17, 15) is 4.39 Å². The smallest absolute Gasteiger partial charge is 0.123 e. The van der Waals surface area contributed by atoms with Gasteiger partial charge >= 0.3 is 0 Å². The number of hydrogen-bond donors (Lipinski definition) is 1. The number of nitrogens with one attached hydrogen (secondary N) is 1. The molecule has 0 spiro atoms. The largest absolute Gasteiger partial charge is 0.309 e. The molecule has 1 saturated heterocycles. The summed E-state index contributed by atoms with van der Waals surface area (Å²) >= 11 is 0. The Labute approximate surface area is 103 Å². The van der Waals surface area contributed by atoms with E-state index in [4.69, 9.17) is 0 Å². The fourth-order valence-electron chi connectivity index (χ4n) is 2.36. The van der Waals surface area contributed by atoms with E-state index >= 15 is 0 Å². The van der Waals surface area contributed by atoms with Crippen LogP contribution in [0.1, 0.15) is 25.8 Å². The first-order valence-electron chi connectivity index (χ1n) is 6.33. The standard InChI is InChI=1S/C14H21FN2/c1-3-14(2)11-17(9-8-16-14)10-12-4-6-13(15)7-5-12/h4-7,16H,3,8-11H2,1-2H3. The zero-order valence-electron chi connectivity index (χ0n) is 10.7. The van der Waals surface area contributed by atoms with Gasteiger partial charge in [-0.3, -0.25) is 4.90 Å². The van der Waals surface area contributed by atoms with E-state index in [0.717, 1.165) is 32.6 Å². The van der Waals surface area contributed by atoms with E-state index in [-0.39, 0.29) is 11.4 Å². The van der Waals surface area contributed by atoms with Crippen LogP contribution in [0.5, 0.6) is 0 Å². The predicted octanol–water partition coefficient (Wildman–Crippen LogP) is 2.40. The molecule has 94 valence electrons. The third-order valence-electron chi connectivity index (χ3n) is 3.65. The third kappa shape index (κ3) is 3.27. The Balaban J connectivity index is 1.97. The summed E-state index contributed by atoms with van der Waals surface area (Å²) in [6.45, 7) is 8.55. The van der Waals surface area contributed by atoms with Crippen LogP contribution < -0.4 is 5.32 Å². The quantitative estimate of drug-likeness (QED) is 0.867. The maximum absolute atomic E-state index is 12.8. The summed E-state index contributed by atoms with van der Waals surface area (Å²) in [4.78, 5) is 2.44. The third-order valence-corrected chi connectivity index (χ3v) is 3.65. The van der Waals surface area contributed by atoms with Crippen LogP contribution in [0.2, 0.25) is 0 Å². The normalized spacial score (nSPS) is 26.1. The molecule has 0 aromatic heterocycles. The average molecular weight is 236 g/mol. The molecule has 1 unspecified atom stereocenters. The van der Waals surface area contributed by atoms with Crippen LogP contribution in [0, 0.1) is 5.82 Å². The van der Waals surface area contributed by atoms with Crippen molar-refractivity contribution < 1.29 is 4.39 Å². The molecule has 0 amide bonds. The second-order valence-corrected chi connectivity index (χ2v) is 5.18. The van der Waals surface area contributed by atoms with Crippen molar-refractivity contribution in [1.29, 1.82) is 0 Å². The Bertz CT molecular complexity index is 363. The van der Waals surface area contributed by atoms with E-state index in [1.165, 1.54) is 17.7 Å². The molecule has 1 aromatic carbocycles. The molecule has 1 aliphatic heterocycles. The Morgan fingerprint density at radius 1 is 1.35 bits per heavy atom. The van der Waals surface area contributed by atoms with Crippen molar-refractivity contribution >= 4 is 0 Å². The molecule has 0 saturated carbocycles. The molecule has 2 rings (SSSR count). The Morgan fingerprint density at radius 3 is 2.71 bits per heavy atom. The van der Waals surface area contributed by atoms with E-state index < -0.39 is 0 Å².